The fraction of sp³-hybridized carbons (Fsp3) is 0. The summed E-state index contributed by atoms with van der Waals surface area (Å²) in [5.41, 5.74) is 1.68. The van der Waals surface area contributed by atoms with Crippen molar-refractivity contribution in [2.45, 2.75) is 0 Å². The van der Waals surface area contributed by atoms with Gasteiger partial charge in [-0.2, -0.15) is 0 Å². The third kappa shape index (κ3) is 5.44. The van der Waals surface area contributed by atoms with Crippen LogP contribution in [0.15, 0.2) is 222 Å². The normalized spacial score (nSPS) is 15.3. The smallest absolute Gasteiger partial charge is 0.143 e. The summed E-state index contributed by atoms with van der Waals surface area (Å²) < 4.78 is 147. The predicted molar refractivity (Wildman–Crippen MR) is 249 cm³/mol. The molecule has 2 heterocycles. The van der Waals surface area contributed by atoms with Crippen LogP contribution in [0, 0.1) is 0 Å². The molecule has 0 amide bonds. The highest BCUT2D eigenvalue weighted by Gasteiger charge is 2.21. The SMILES string of the molecule is [2H]c1c([2H])c(N(c2c([2H])c([2H])c(-c3c([2H])c([2H])c4c([2H])c([2H])c([2H])c([2H])c4c3[2H])c([2H])c2[2H])c2cccc3oc4c5ccccc5ccc4c23)c([2H])c([2H])c1-c1cccc(-n2c3ccccc3c3ccccc32)c1. The number of furan rings is 1. The fourth-order valence-electron chi connectivity index (χ4n) is 8.09. The Kier molecular flexibility index (Phi) is 4.89. The summed E-state index contributed by atoms with van der Waals surface area (Å²) >= 11 is 0. The van der Waals surface area contributed by atoms with Gasteiger partial charge in [-0.05, 0) is 111 Å². The van der Waals surface area contributed by atoms with Crippen LogP contribution < -0.4 is 4.90 Å². The molecule has 0 unspecified atom stereocenters. The Labute approximate surface area is 362 Å². The maximum atomic E-state index is 9.84. The Morgan fingerprint density at radius 2 is 1.07 bits per heavy atom. The molecule has 2 aromatic heterocycles. The first kappa shape index (κ1) is 21.6. The number of rotatable bonds is 6. The van der Waals surface area contributed by atoms with Crippen molar-refractivity contribution in [1.82, 2.24) is 4.57 Å². The quantitative estimate of drug-likeness (QED) is 0.168. The van der Waals surface area contributed by atoms with Gasteiger partial charge in [0.25, 0.3) is 0 Å². The summed E-state index contributed by atoms with van der Waals surface area (Å²) in [7, 11) is 0. The summed E-state index contributed by atoms with van der Waals surface area (Å²) in [4.78, 5) is 1.17. The van der Waals surface area contributed by atoms with Crippen LogP contribution in [0.4, 0.5) is 17.1 Å². The van der Waals surface area contributed by atoms with E-state index >= 15 is 0 Å². The van der Waals surface area contributed by atoms with E-state index in [0.29, 0.717) is 33.2 Å². The Bertz CT molecular complexity index is 4360. The van der Waals surface area contributed by atoms with Gasteiger partial charge in [0.15, 0.2) is 0 Å². The van der Waals surface area contributed by atoms with Gasteiger partial charge in [0.2, 0.25) is 0 Å². The van der Waals surface area contributed by atoms with Crippen molar-refractivity contribution < 1.29 is 25.0 Å². The molecule has 59 heavy (non-hydrogen) atoms. The number of aromatic nitrogens is 1. The third-order valence-electron chi connectivity index (χ3n) is 10.8. The van der Waals surface area contributed by atoms with Crippen LogP contribution in [0.2, 0.25) is 0 Å². The van der Waals surface area contributed by atoms with E-state index in [0.717, 1.165) is 32.6 Å². The Morgan fingerprint density at radius 3 is 1.81 bits per heavy atom. The first-order valence-electron chi connectivity index (χ1n) is 26.5. The molecule has 0 aliphatic heterocycles. The largest absolute Gasteiger partial charge is 0.455 e. The van der Waals surface area contributed by atoms with Gasteiger partial charge in [-0.1, -0.05) is 145 Å². The zero-order valence-corrected chi connectivity index (χ0v) is 30.9. The van der Waals surface area contributed by atoms with Crippen molar-refractivity contribution in [3.8, 4) is 27.9 Å². The van der Waals surface area contributed by atoms with Gasteiger partial charge in [-0.25, -0.2) is 0 Å². The molecule has 0 N–H and O–H groups in total. The lowest BCUT2D eigenvalue weighted by Crippen LogP contribution is -2.10. The molecule has 0 aliphatic rings. The molecule has 3 heteroatoms. The highest BCUT2D eigenvalue weighted by molar-refractivity contribution is 6.19. The first-order valence-corrected chi connectivity index (χ1v) is 19.0. The summed E-state index contributed by atoms with van der Waals surface area (Å²) in [5, 5.41) is 3.76. The lowest BCUT2D eigenvalue weighted by molar-refractivity contribution is 0.672. The van der Waals surface area contributed by atoms with Gasteiger partial charge in [0.05, 0.1) is 42.7 Å². The Morgan fingerprint density at radius 1 is 0.441 bits per heavy atom. The van der Waals surface area contributed by atoms with Gasteiger partial charge in [-0.15, -0.1) is 0 Å². The minimum Gasteiger partial charge on any atom is -0.455 e. The number of hydrogen-bond donors (Lipinski definition) is 0. The lowest BCUT2D eigenvalue weighted by atomic mass is 10.00. The highest BCUT2D eigenvalue weighted by atomic mass is 16.3. The first-order chi connectivity index (χ1) is 35.5. The van der Waals surface area contributed by atoms with Crippen LogP contribution in [0.3, 0.4) is 0 Å². The van der Waals surface area contributed by atoms with Crippen LogP contribution in [0.1, 0.15) is 20.6 Å². The van der Waals surface area contributed by atoms with Crippen molar-refractivity contribution >= 4 is 82.4 Å². The molecule has 0 bridgehead atoms. The molecule has 276 valence electrons. The zero-order chi connectivity index (χ0) is 51.9. The van der Waals surface area contributed by atoms with E-state index in [4.69, 9.17) is 12.6 Å². The van der Waals surface area contributed by atoms with Crippen molar-refractivity contribution in [1.29, 1.82) is 0 Å². The van der Waals surface area contributed by atoms with E-state index in [2.05, 4.69) is 4.57 Å². The average molecular weight is 768 g/mol. The molecule has 0 saturated carbocycles. The molecular formula is C56H36N2O. The molecular weight excluding hydrogens is 717 g/mol. The average Bonchev–Trinajstić information content (AvgIpc) is 4.00. The van der Waals surface area contributed by atoms with Crippen molar-refractivity contribution in [3.63, 3.8) is 0 Å². The van der Waals surface area contributed by atoms with Crippen molar-refractivity contribution in [3.05, 3.63) is 218 Å². The molecule has 0 fully saturated rings. The molecule has 0 radical (unpaired) electrons. The second-order valence-electron chi connectivity index (χ2n) is 14.1. The van der Waals surface area contributed by atoms with Crippen LogP contribution in [0.5, 0.6) is 0 Å². The summed E-state index contributed by atoms with van der Waals surface area (Å²) in [6.45, 7) is 0. The molecule has 12 aromatic rings. The Balaban J connectivity index is 1.13. The monoisotopic (exact) mass is 767 g/mol. The standard InChI is InChI=1S/C56H36N2O/c1-2-13-41-35-43(24-23-37(41)11-1)39-27-32-45(33-28-39)57(53-21-10-22-54-55(53)50-34-29-40-12-3-4-16-47(40)56(50)59-54)44-30-25-38(26-31-44)42-14-9-15-46(36-42)58-51-19-7-5-17-48(51)49-18-6-8-20-52(49)58/h1-36H/i1D,2D,11D,13D,23D,24D,25D,26D,27D,28D,30D,31D,32D,33D,35D. The van der Waals surface area contributed by atoms with E-state index in [1.807, 2.05) is 91.0 Å². The van der Waals surface area contributed by atoms with Gasteiger partial charge >= 0.3 is 0 Å². The molecule has 0 aliphatic carbocycles. The number of anilines is 3. The summed E-state index contributed by atoms with van der Waals surface area (Å²) in [6.07, 6.45) is 0. The number of para-hydroxylation sites is 2. The minimum absolute atomic E-state index is 0.0360. The number of nitrogens with zero attached hydrogens (tertiary/aromatic N) is 2. The Hall–Kier alpha value is -7.88. The predicted octanol–water partition coefficient (Wildman–Crippen LogP) is 15.8. The topological polar surface area (TPSA) is 21.3 Å². The number of benzene rings is 10. The van der Waals surface area contributed by atoms with Crippen LogP contribution >= 0.6 is 0 Å². The van der Waals surface area contributed by atoms with Gasteiger partial charge in [-0.3, -0.25) is 0 Å². The second-order valence-corrected chi connectivity index (χ2v) is 14.1. The molecule has 0 saturated heterocycles. The van der Waals surface area contributed by atoms with Crippen LogP contribution in [0.25, 0.3) is 93.2 Å². The van der Waals surface area contributed by atoms with E-state index in [1.165, 1.54) is 4.90 Å². The van der Waals surface area contributed by atoms with E-state index in [1.54, 1.807) is 36.4 Å². The van der Waals surface area contributed by atoms with Crippen LogP contribution in [-0.2, 0) is 0 Å². The molecule has 12 rings (SSSR count). The van der Waals surface area contributed by atoms with Crippen molar-refractivity contribution in [2.24, 2.45) is 0 Å². The molecule has 0 atom stereocenters. The third-order valence-corrected chi connectivity index (χ3v) is 10.8. The maximum absolute atomic E-state index is 9.84. The minimum atomic E-state index is -0.809. The van der Waals surface area contributed by atoms with Crippen molar-refractivity contribution in [2.75, 3.05) is 4.90 Å². The summed E-state index contributed by atoms with van der Waals surface area (Å²) in [6, 6.07) is 29.1. The van der Waals surface area contributed by atoms with Gasteiger partial charge in [0.1, 0.15) is 11.2 Å². The van der Waals surface area contributed by atoms with E-state index in [9.17, 15) is 12.3 Å². The maximum Gasteiger partial charge on any atom is 0.143 e. The second kappa shape index (κ2) is 13.4. The number of hydrogen-bond acceptors (Lipinski definition) is 2. The number of fused-ring (bicyclic) bond motifs is 9. The molecule has 0 spiro atoms. The molecule has 3 nitrogen and oxygen atoms in total. The fourth-order valence-corrected chi connectivity index (χ4v) is 8.09. The summed E-state index contributed by atoms with van der Waals surface area (Å²) in [5.74, 6) is 0. The molecule has 10 aromatic carbocycles. The van der Waals surface area contributed by atoms with Gasteiger partial charge < -0.3 is 13.9 Å². The van der Waals surface area contributed by atoms with E-state index in [-0.39, 0.29) is 11.3 Å². The highest BCUT2D eigenvalue weighted by Crippen LogP contribution is 2.45. The lowest BCUT2D eigenvalue weighted by Gasteiger charge is -2.26. The van der Waals surface area contributed by atoms with Crippen LogP contribution in [-0.4, -0.2) is 4.57 Å². The zero-order valence-electron chi connectivity index (χ0n) is 45.9. The van der Waals surface area contributed by atoms with E-state index < -0.39 is 124 Å². The van der Waals surface area contributed by atoms with Gasteiger partial charge in [0, 0.05) is 38.6 Å².